The third kappa shape index (κ3) is 37.3. The third-order valence-corrected chi connectivity index (χ3v) is 26.1. The molecule has 15 rings (SSSR count). The van der Waals surface area contributed by atoms with Gasteiger partial charge in [0.05, 0.1) is 25.4 Å². The fourth-order valence-electron chi connectivity index (χ4n) is 17.2. The van der Waals surface area contributed by atoms with Crippen LogP contribution in [0.15, 0.2) is 140 Å². The van der Waals surface area contributed by atoms with Crippen molar-refractivity contribution in [3.8, 4) is 0 Å². The second kappa shape index (κ2) is 59.0. The SMILES string of the molecule is CCOC(=O)CCCc1cccc2c1CCN(C(=O)C(F)(F)F)C2.NCCc1ccccc1Br.O=C(N1CCc2c(Br)cccc2C1)C(F)(F)F.O=C(N1CCc2c(ccc3c2CCC[C@@H]3O)C1)C(F)(F)F.O=C(NCCc1ccccc1Br)C(F)(F)F.O=C1CCCc2c1ccc1c2CCN(C(=O)C(F)(F)F)C1.[CH2-]CCC(=O)OCC.[N-]=[N+]=N[C@@H]1CCCc2c1ccc1c2CCN(C(=O)C(F)(F)F)C1.[Na+].[OH-].[Zn+][Br]. The topological polar surface area (TPSA) is 325 Å². The van der Waals surface area contributed by atoms with Crippen LogP contribution in [-0.4, -0.2) is 184 Å². The second-order valence-electron chi connectivity index (χ2n) is 33.2. The number of ether oxygens (including phenoxy) is 2. The molecule has 2 atom stereocenters. The molecule has 0 bridgehead atoms. The number of fused-ring (bicyclic) bond motifs is 11. The molecule has 8 aliphatic rings. The van der Waals surface area contributed by atoms with Gasteiger partial charge in [-0.2, -0.15) is 85.4 Å². The molecule has 47 heteroatoms. The zero-order valence-corrected chi connectivity index (χ0v) is 90.0. The van der Waals surface area contributed by atoms with Crippen molar-refractivity contribution in [2.75, 3.05) is 59.0 Å². The van der Waals surface area contributed by atoms with Crippen molar-refractivity contribution in [3.63, 3.8) is 0 Å². The van der Waals surface area contributed by atoms with Crippen LogP contribution in [0.2, 0.25) is 0 Å². The predicted octanol–water partition coefficient (Wildman–Crippen LogP) is 18.3. The molecule has 5 N–H and O–H groups in total. The summed E-state index contributed by atoms with van der Waals surface area (Å²) in [6, 6.07) is 36.4. The van der Waals surface area contributed by atoms with Crippen molar-refractivity contribution in [3.05, 3.63) is 258 Å². The number of hydrogen-bond acceptors (Lipinski definition) is 15. The number of benzene rings is 7. The van der Waals surface area contributed by atoms with E-state index >= 15 is 0 Å². The van der Waals surface area contributed by atoms with E-state index in [2.05, 4.69) is 89.2 Å². The minimum atomic E-state index is -4.84. The molecular formula is C97H105Br4F18N10NaO13Zn. The summed E-state index contributed by atoms with van der Waals surface area (Å²) >= 11 is 14.3. The number of rotatable bonds is 14. The summed E-state index contributed by atoms with van der Waals surface area (Å²) in [5.74, 6) is -11.1. The molecule has 6 amide bonds. The van der Waals surface area contributed by atoms with Gasteiger partial charge in [0.25, 0.3) is 0 Å². The van der Waals surface area contributed by atoms with Gasteiger partial charge in [0.15, 0.2) is 5.78 Å². The second-order valence-corrected chi connectivity index (χ2v) is 35.7. The average molecular weight is 2370 g/mol. The van der Waals surface area contributed by atoms with Crippen molar-refractivity contribution in [1.82, 2.24) is 29.8 Å². The summed E-state index contributed by atoms with van der Waals surface area (Å²) in [5, 5.41) is 15.6. The zero-order valence-electron chi connectivity index (χ0n) is 78.7. The normalized spacial score (nSPS) is 15.8. The molecule has 0 unspecified atom stereocenters. The molecule has 0 spiro atoms. The van der Waals surface area contributed by atoms with Crippen LogP contribution in [0, 0.1) is 6.92 Å². The van der Waals surface area contributed by atoms with Crippen molar-refractivity contribution in [1.29, 1.82) is 0 Å². The number of carbonyl (C=O) groups is 9. The molecule has 5 heterocycles. The number of Topliss-reactive ketones (excluding diaryl/α,β-unsaturated/α-hetero) is 1. The van der Waals surface area contributed by atoms with E-state index in [9.17, 15) is 127 Å². The number of nitrogens with zero attached hydrogens (tertiary/aromatic N) is 8. The minimum absolute atomic E-state index is 0. The molecule has 144 heavy (non-hydrogen) atoms. The van der Waals surface area contributed by atoms with Crippen LogP contribution in [-0.2, 0) is 168 Å². The van der Waals surface area contributed by atoms with Crippen LogP contribution in [0.5, 0.6) is 0 Å². The number of hydrogen-bond donors (Lipinski definition) is 3. The summed E-state index contributed by atoms with van der Waals surface area (Å²) in [6.45, 7) is 8.83. The first-order valence-corrected chi connectivity index (χ1v) is 54.5. The number of nitrogens with one attached hydrogen (secondary N) is 1. The summed E-state index contributed by atoms with van der Waals surface area (Å²) in [7, 11) is 0. The van der Waals surface area contributed by atoms with E-state index in [0.717, 1.165) is 190 Å². The van der Waals surface area contributed by atoms with Gasteiger partial charge in [-0.05, 0) is 253 Å². The first-order chi connectivity index (χ1) is 66.9. The molecule has 0 aromatic heterocycles. The molecule has 778 valence electrons. The van der Waals surface area contributed by atoms with Gasteiger partial charge >= 0.3 is 144 Å². The number of ketones is 1. The van der Waals surface area contributed by atoms with E-state index in [4.69, 9.17) is 16.0 Å². The molecule has 5 aliphatic heterocycles. The number of aryl methyl sites for hydroxylation is 1. The van der Waals surface area contributed by atoms with Crippen LogP contribution in [0.25, 0.3) is 10.4 Å². The Morgan fingerprint density at radius 2 is 0.819 bits per heavy atom. The summed E-state index contributed by atoms with van der Waals surface area (Å²) in [4.78, 5) is 108. The van der Waals surface area contributed by atoms with Crippen LogP contribution in [0.3, 0.4) is 0 Å². The van der Waals surface area contributed by atoms with Crippen LogP contribution in [0.1, 0.15) is 201 Å². The summed E-state index contributed by atoms with van der Waals surface area (Å²) in [6.07, 6.45) is -16.3. The number of aliphatic hydroxyl groups is 1. The van der Waals surface area contributed by atoms with Gasteiger partial charge in [-0.25, -0.2) is 0 Å². The van der Waals surface area contributed by atoms with Crippen LogP contribution < -0.4 is 40.6 Å². The van der Waals surface area contributed by atoms with E-state index < -0.39 is 78.6 Å². The van der Waals surface area contributed by atoms with Gasteiger partial charge in [0, 0.05) is 115 Å². The number of carbonyl (C=O) groups excluding carboxylic acids is 9. The third-order valence-electron chi connectivity index (χ3n) is 23.8. The van der Waals surface area contributed by atoms with Crippen LogP contribution in [0.4, 0.5) is 79.0 Å². The standard InChI is InChI=1S/C17H20F3NO3.C15H15F3N4O.C15H16F3NO2.C15H14F3NO2.C11H9BrF3NO.C10H9BrF3NO.C8H10BrN.C6H11O2.BrH.Na.H2O.Zn/c1-2-24-15(22)8-4-6-12-5-3-7-13-11-21(10-9-14(12)13)16(23)17(18,19)20;16-15(17,18)14(23)22-7-6-10-9(8-22)4-5-12-11(10)2-1-3-13(12)20-21-19;2*16-15(17,18)14(21)19-7-6-10-9(8-19)4-5-12-11(10)2-1-3-13(12)20;12-9-3-1-2-7-6-16(5-4-8(7)9)10(17)11(13,14)15;11-8-4-2-1-3-7(8)5-6-15-9(16)10(12,13)14;9-8-4-2-1-3-7(8)5-6-10;1-3-5-6(7)8-4-2;;;;/h3,5,7H,2,4,6,8-11H2,1H3;4-5,13H,1-3,6-8H2;4-5,13,20H,1-3,6-8H2;4-5H,1-3,6-8H2;1-3H,4-6H2;1-4H,5-6H2,(H,15,16);1-4H,5-6,10H2;1,3-5H2,2H3;1H;;1H2;/q;;;;;;;-1;;+1;;+2/p-2/t;2*13-;;;;;;;;;/m.10........./s1. The number of alkyl halides is 18. The van der Waals surface area contributed by atoms with Gasteiger partial charge in [0.1, 0.15) is 0 Å². The Kier molecular flexibility index (Phi) is 51.6. The summed E-state index contributed by atoms with van der Waals surface area (Å²) < 4.78 is 235. The quantitative estimate of drug-likeness (QED) is 0.0173. The number of aliphatic hydroxyl groups excluding tert-OH is 1. The first kappa shape index (κ1) is 126. The zero-order chi connectivity index (χ0) is 105. The first-order valence-electron chi connectivity index (χ1n) is 45.2. The Hall–Kier alpha value is -8.56. The van der Waals surface area contributed by atoms with E-state index in [1.165, 1.54) is 21.9 Å². The average Bonchev–Trinajstić information content (AvgIpc) is 0.774. The molecule has 7 aromatic carbocycles. The van der Waals surface area contributed by atoms with Crippen molar-refractivity contribution >= 4 is 115 Å². The molecule has 0 saturated heterocycles. The molecular weight excluding hydrogens is 2260 g/mol. The number of azide groups is 1. The Morgan fingerprint density at radius 1 is 0.451 bits per heavy atom. The fourth-order valence-corrected chi connectivity index (χ4v) is 18.8. The Bertz CT molecular complexity index is 5580. The molecule has 7 aromatic rings. The molecule has 3 aliphatic carbocycles. The van der Waals surface area contributed by atoms with Crippen molar-refractivity contribution in [2.24, 2.45) is 10.8 Å². The number of amides is 6. The van der Waals surface area contributed by atoms with E-state index in [-0.39, 0.29) is 131 Å². The molecule has 0 fully saturated rings. The number of esters is 2. The van der Waals surface area contributed by atoms with Gasteiger partial charge in [-0.15, -0.1) is 0 Å². The Balaban J connectivity index is 0.000000293. The monoisotopic (exact) mass is 2360 g/mol. The molecule has 0 radical (unpaired) electrons. The van der Waals surface area contributed by atoms with Gasteiger partial charge in [-0.3, -0.25) is 43.2 Å². The number of halogens is 22. The summed E-state index contributed by atoms with van der Waals surface area (Å²) in [5.41, 5.74) is 31.7. The van der Waals surface area contributed by atoms with Crippen molar-refractivity contribution in [2.45, 2.75) is 231 Å². The van der Waals surface area contributed by atoms with Gasteiger partial charge in [0.2, 0.25) is 0 Å². The van der Waals surface area contributed by atoms with E-state index in [1.54, 1.807) is 86.6 Å². The fraction of sp³-hybridized carbons (Fsp3) is 0.464. The Labute approximate surface area is 884 Å². The maximum atomic E-state index is 12.6. The predicted molar refractivity (Wildman–Crippen MR) is 501 cm³/mol. The number of nitrogens with two attached hydrogens (primary N) is 1. The molecule has 0 saturated carbocycles. The molecule has 23 nitrogen and oxygen atoms in total. The van der Waals surface area contributed by atoms with Crippen LogP contribution >= 0.6 is 61.4 Å². The van der Waals surface area contributed by atoms with E-state index in [0.29, 0.717) is 102 Å². The van der Waals surface area contributed by atoms with Crippen molar-refractivity contribution < 1.29 is 188 Å². The van der Waals surface area contributed by atoms with E-state index in [1.807, 2.05) is 47.8 Å². The maximum absolute atomic E-state index is 12.6. The van der Waals surface area contributed by atoms with Gasteiger partial charge < -0.3 is 62.5 Å². The van der Waals surface area contributed by atoms with Gasteiger partial charge in [-0.1, -0.05) is 156 Å². The Morgan fingerprint density at radius 3 is 1.25 bits per heavy atom.